The summed E-state index contributed by atoms with van der Waals surface area (Å²) in [6, 6.07) is 11.7. The van der Waals surface area contributed by atoms with Crippen molar-refractivity contribution in [3.63, 3.8) is 0 Å². The van der Waals surface area contributed by atoms with E-state index in [9.17, 15) is 9.18 Å². The molecule has 0 unspecified atom stereocenters. The Morgan fingerprint density at radius 3 is 2.76 bits per heavy atom. The number of nitrogens with one attached hydrogen (secondary N) is 1. The Labute approximate surface area is 130 Å². The lowest BCUT2D eigenvalue weighted by molar-refractivity contribution is -0.111. The van der Waals surface area contributed by atoms with Crippen LogP contribution in [0, 0.1) is 5.82 Å². The van der Waals surface area contributed by atoms with Crippen molar-refractivity contribution < 1.29 is 13.9 Å². The molecule has 0 saturated heterocycles. The standard InChI is InChI=1S/C16H13BrFNO2/c1-21-15-5-3-2-4-11(15)6-9-16(20)19-14-8-7-12(17)10-13(14)18/h2-10H,1H3,(H,19,20)/b9-6+. The van der Waals surface area contributed by atoms with E-state index in [1.807, 2.05) is 18.2 Å². The van der Waals surface area contributed by atoms with Crippen LogP contribution < -0.4 is 10.1 Å². The highest BCUT2D eigenvalue weighted by Gasteiger charge is 2.05. The first-order valence-corrected chi connectivity index (χ1v) is 6.96. The molecule has 0 spiro atoms. The third kappa shape index (κ3) is 4.16. The Kier molecular flexibility index (Phi) is 5.11. The molecule has 0 radical (unpaired) electrons. The molecule has 2 rings (SSSR count). The number of carbonyl (C=O) groups excluding carboxylic acids is 1. The van der Waals surface area contributed by atoms with E-state index < -0.39 is 11.7 Å². The molecular weight excluding hydrogens is 337 g/mol. The Morgan fingerprint density at radius 2 is 2.05 bits per heavy atom. The summed E-state index contributed by atoms with van der Waals surface area (Å²) < 4.78 is 19.4. The Balaban J connectivity index is 2.09. The molecule has 2 aromatic rings. The average Bonchev–Trinajstić information content (AvgIpc) is 2.48. The number of carbonyl (C=O) groups is 1. The quantitative estimate of drug-likeness (QED) is 0.838. The number of ether oxygens (including phenoxy) is 1. The summed E-state index contributed by atoms with van der Waals surface area (Å²) in [5, 5.41) is 2.48. The third-order valence-corrected chi connectivity index (χ3v) is 3.24. The van der Waals surface area contributed by atoms with E-state index in [1.165, 1.54) is 18.2 Å². The highest BCUT2D eigenvalue weighted by atomic mass is 79.9. The first-order chi connectivity index (χ1) is 10.1. The van der Waals surface area contributed by atoms with Crippen LogP contribution in [0.1, 0.15) is 5.56 Å². The minimum absolute atomic E-state index is 0.132. The highest BCUT2D eigenvalue weighted by Crippen LogP contribution is 2.20. The van der Waals surface area contributed by atoms with E-state index in [1.54, 1.807) is 25.3 Å². The second-order valence-electron chi connectivity index (χ2n) is 4.19. The van der Waals surface area contributed by atoms with E-state index in [0.29, 0.717) is 10.2 Å². The molecule has 0 heterocycles. The fourth-order valence-corrected chi connectivity index (χ4v) is 2.07. The normalized spacial score (nSPS) is 10.6. The predicted octanol–water partition coefficient (Wildman–Crippen LogP) is 4.25. The summed E-state index contributed by atoms with van der Waals surface area (Å²) in [7, 11) is 1.56. The van der Waals surface area contributed by atoms with Gasteiger partial charge < -0.3 is 10.1 Å². The maximum atomic E-state index is 13.6. The van der Waals surface area contributed by atoms with Crippen molar-refractivity contribution in [3.8, 4) is 5.75 Å². The second kappa shape index (κ2) is 7.04. The first kappa shape index (κ1) is 15.3. The number of anilines is 1. The van der Waals surface area contributed by atoms with Gasteiger partial charge in [-0.15, -0.1) is 0 Å². The van der Waals surface area contributed by atoms with Gasteiger partial charge in [-0.2, -0.15) is 0 Å². The van der Waals surface area contributed by atoms with Gasteiger partial charge in [0, 0.05) is 16.1 Å². The molecule has 108 valence electrons. The minimum Gasteiger partial charge on any atom is -0.496 e. The third-order valence-electron chi connectivity index (χ3n) is 2.74. The summed E-state index contributed by atoms with van der Waals surface area (Å²) in [6.07, 6.45) is 2.95. The van der Waals surface area contributed by atoms with Gasteiger partial charge in [-0.25, -0.2) is 4.39 Å². The van der Waals surface area contributed by atoms with Crippen molar-refractivity contribution in [2.24, 2.45) is 0 Å². The van der Waals surface area contributed by atoms with Gasteiger partial charge >= 0.3 is 0 Å². The van der Waals surface area contributed by atoms with Crippen LogP contribution in [0.2, 0.25) is 0 Å². The number of rotatable bonds is 4. The summed E-state index contributed by atoms with van der Waals surface area (Å²) in [4.78, 5) is 11.8. The Hall–Kier alpha value is -2.14. The molecule has 1 N–H and O–H groups in total. The van der Waals surface area contributed by atoms with Crippen LogP contribution in [0.25, 0.3) is 6.08 Å². The van der Waals surface area contributed by atoms with Crippen LogP contribution in [0.3, 0.4) is 0 Å². The molecule has 0 bridgehead atoms. The molecule has 3 nitrogen and oxygen atoms in total. The summed E-state index contributed by atoms with van der Waals surface area (Å²) in [6.45, 7) is 0. The number of hydrogen-bond donors (Lipinski definition) is 1. The monoisotopic (exact) mass is 349 g/mol. The molecule has 1 amide bonds. The SMILES string of the molecule is COc1ccccc1/C=C/C(=O)Nc1ccc(Br)cc1F. The first-order valence-electron chi connectivity index (χ1n) is 6.17. The molecule has 0 aliphatic carbocycles. The Bertz CT molecular complexity index is 686. The van der Waals surface area contributed by atoms with Gasteiger partial charge in [0.1, 0.15) is 11.6 Å². The summed E-state index contributed by atoms with van der Waals surface area (Å²) >= 11 is 3.16. The van der Waals surface area contributed by atoms with Gasteiger partial charge in [0.15, 0.2) is 0 Å². The van der Waals surface area contributed by atoms with Crippen molar-refractivity contribution in [1.82, 2.24) is 0 Å². The molecule has 5 heteroatoms. The molecule has 0 fully saturated rings. The van der Waals surface area contributed by atoms with Gasteiger partial charge in [0.05, 0.1) is 12.8 Å². The van der Waals surface area contributed by atoms with Crippen molar-refractivity contribution in [1.29, 1.82) is 0 Å². The maximum Gasteiger partial charge on any atom is 0.248 e. The summed E-state index contributed by atoms with van der Waals surface area (Å²) in [5.74, 6) is -0.248. The maximum absolute atomic E-state index is 13.6. The minimum atomic E-state index is -0.497. The van der Waals surface area contributed by atoms with E-state index in [4.69, 9.17) is 4.74 Å². The van der Waals surface area contributed by atoms with E-state index in [-0.39, 0.29) is 5.69 Å². The number of para-hydroxylation sites is 1. The molecule has 0 aliphatic rings. The molecule has 21 heavy (non-hydrogen) atoms. The molecule has 2 aromatic carbocycles. The fourth-order valence-electron chi connectivity index (χ4n) is 1.73. The van der Waals surface area contributed by atoms with Crippen LogP contribution in [0.5, 0.6) is 5.75 Å². The largest absolute Gasteiger partial charge is 0.496 e. The van der Waals surface area contributed by atoms with Crippen LogP contribution >= 0.6 is 15.9 Å². The molecular formula is C16H13BrFNO2. The molecule has 0 aliphatic heterocycles. The van der Waals surface area contributed by atoms with Gasteiger partial charge in [0.2, 0.25) is 5.91 Å². The van der Waals surface area contributed by atoms with Crippen molar-refractivity contribution >= 4 is 33.6 Å². The zero-order valence-corrected chi connectivity index (χ0v) is 12.9. The topological polar surface area (TPSA) is 38.3 Å². The van der Waals surface area contributed by atoms with Crippen LogP contribution in [0.4, 0.5) is 10.1 Å². The number of hydrogen-bond acceptors (Lipinski definition) is 2. The molecule has 0 aromatic heterocycles. The zero-order valence-electron chi connectivity index (χ0n) is 11.3. The van der Waals surface area contributed by atoms with E-state index in [2.05, 4.69) is 21.2 Å². The van der Waals surface area contributed by atoms with Crippen molar-refractivity contribution in [2.75, 3.05) is 12.4 Å². The average molecular weight is 350 g/mol. The van der Waals surface area contributed by atoms with E-state index in [0.717, 1.165) is 5.56 Å². The van der Waals surface area contributed by atoms with Crippen LogP contribution in [0.15, 0.2) is 53.0 Å². The zero-order chi connectivity index (χ0) is 15.2. The van der Waals surface area contributed by atoms with Gasteiger partial charge in [-0.05, 0) is 30.3 Å². The van der Waals surface area contributed by atoms with Gasteiger partial charge in [0.25, 0.3) is 0 Å². The highest BCUT2D eigenvalue weighted by molar-refractivity contribution is 9.10. The fraction of sp³-hybridized carbons (Fsp3) is 0.0625. The number of benzene rings is 2. The number of methoxy groups -OCH3 is 1. The second-order valence-corrected chi connectivity index (χ2v) is 5.10. The van der Waals surface area contributed by atoms with Crippen molar-refractivity contribution in [2.45, 2.75) is 0 Å². The van der Waals surface area contributed by atoms with Crippen LogP contribution in [-0.2, 0) is 4.79 Å². The summed E-state index contributed by atoms with van der Waals surface area (Å²) in [5.41, 5.74) is 0.902. The predicted molar refractivity (Wildman–Crippen MR) is 84.8 cm³/mol. The lowest BCUT2D eigenvalue weighted by atomic mass is 10.2. The van der Waals surface area contributed by atoms with E-state index >= 15 is 0 Å². The smallest absolute Gasteiger partial charge is 0.248 e. The molecule has 0 atom stereocenters. The lowest BCUT2D eigenvalue weighted by Gasteiger charge is -2.05. The lowest BCUT2D eigenvalue weighted by Crippen LogP contribution is -2.09. The van der Waals surface area contributed by atoms with Gasteiger partial charge in [-0.3, -0.25) is 4.79 Å². The van der Waals surface area contributed by atoms with Gasteiger partial charge in [-0.1, -0.05) is 34.1 Å². The number of halogens is 2. The Morgan fingerprint density at radius 1 is 1.29 bits per heavy atom. The van der Waals surface area contributed by atoms with Crippen molar-refractivity contribution in [3.05, 3.63) is 64.4 Å². The molecule has 0 saturated carbocycles. The number of amides is 1. The van der Waals surface area contributed by atoms with Crippen LogP contribution in [-0.4, -0.2) is 13.0 Å².